The van der Waals surface area contributed by atoms with Gasteiger partial charge in [0.1, 0.15) is 5.60 Å². The first kappa shape index (κ1) is 15.6. The van der Waals surface area contributed by atoms with Gasteiger partial charge in [-0.1, -0.05) is 6.92 Å². The van der Waals surface area contributed by atoms with Crippen LogP contribution >= 0.6 is 0 Å². The molecular formula is C15H29NO2. The Kier molecular flexibility index (Phi) is 4.60. The second kappa shape index (κ2) is 5.30. The molecule has 1 rings (SSSR count). The summed E-state index contributed by atoms with van der Waals surface area (Å²) >= 11 is 0. The summed E-state index contributed by atoms with van der Waals surface area (Å²) in [7, 11) is 0. The molecule has 1 aliphatic rings. The van der Waals surface area contributed by atoms with Crippen molar-refractivity contribution in [1.29, 1.82) is 0 Å². The van der Waals surface area contributed by atoms with Crippen molar-refractivity contribution < 1.29 is 9.53 Å². The van der Waals surface area contributed by atoms with Crippen molar-refractivity contribution in [3.8, 4) is 0 Å². The summed E-state index contributed by atoms with van der Waals surface area (Å²) in [5.74, 6) is 0.218. The summed E-state index contributed by atoms with van der Waals surface area (Å²) in [6, 6.07) is 0.470. The number of hydrogen-bond donors (Lipinski definition) is 0. The highest BCUT2D eigenvalue weighted by Gasteiger charge is 2.53. The molecule has 1 heterocycles. The number of ether oxygens (including phenoxy) is 1. The van der Waals surface area contributed by atoms with Crippen LogP contribution in [-0.4, -0.2) is 41.0 Å². The molecular weight excluding hydrogens is 226 g/mol. The summed E-state index contributed by atoms with van der Waals surface area (Å²) in [5.41, 5.74) is -0.996. The predicted molar refractivity (Wildman–Crippen MR) is 74.7 cm³/mol. The van der Waals surface area contributed by atoms with Crippen LogP contribution in [0.25, 0.3) is 0 Å². The Morgan fingerprint density at radius 3 is 2.17 bits per heavy atom. The van der Waals surface area contributed by atoms with E-state index in [1.165, 1.54) is 0 Å². The van der Waals surface area contributed by atoms with Gasteiger partial charge in [0, 0.05) is 12.6 Å². The van der Waals surface area contributed by atoms with E-state index in [0.29, 0.717) is 6.04 Å². The quantitative estimate of drug-likeness (QED) is 0.756. The monoisotopic (exact) mass is 255 g/mol. The first-order valence-corrected chi connectivity index (χ1v) is 7.10. The van der Waals surface area contributed by atoms with E-state index in [-0.39, 0.29) is 17.3 Å². The van der Waals surface area contributed by atoms with Crippen LogP contribution in [0.15, 0.2) is 0 Å². The maximum absolute atomic E-state index is 12.5. The first-order chi connectivity index (χ1) is 8.12. The highest BCUT2D eigenvalue weighted by molar-refractivity contribution is 5.91. The molecule has 0 amide bonds. The molecule has 0 radical (unpaired) electrons. The molecule has 0 N–H and O–H groups in total. The van der Waals surface area contributed by atoms with Gasteiger partial charge in [-0.15, -0.1) is 0 Å². The van der Waals surface area contributed by atoms with Crippen molar-refractivity contribution in [3.63, 3.8) is 0 Å². The normalized spacial score (nSPS) is 26.3. The minimum atomic E-state index is -0.636. The van der Waals surface area contributed by atoms with Gasteiger partial charge in [0.05, 0.1) is 11.5 Å². The summed E-state index contributed by atoms with van der Waals surface area (Å²) in [5, 5.41) is 0. The van der Waals surface area contributed by atoms with Gasteiger partial charge < -0.3 is 9.64 Å². The van der Waals surface area contributed by atoms with Crippen molar-refractivity contribution in [2.24, 2.45) is 5.92 Å². The molecule has 0 aromatic rings. The SMILES string of the molecule is CCCN(CC1C(=O)C(C)(C)OC1(C)C)C(C)C. The smallest absolute Gasteiger partial charge is 0.171 e. The Hall–Kier alpha value is -0.410. The van der Waals surface area contributed by atoms with Crippen LogP contribution in [0, 0.1) is 5.92 Å². The Bertz CT molecular complexity index is 308. The first-order valence-electron chi connectivity index (χ1n) is 7.10. The molecule has 1 atom stereocenters. The number of hydrogen-bond acceptors (Lipinski definition) is 3. The molecule has 18 heavy (non-hydrogen) atoms. The largest absolute Gasteiger partial charge is 0.361 e. The van der Waals surface area contributed by atoms with Gasteiger partial charge in [-0.3, -0.25) is 4.79 Å². The van der Waals surface area contributed by atoms with Crippen LogP contribution < -0.4 is 0 Å². The lowest BCUT2D eigenvalue weighted by molar-refractivity contribution is -0.132. The van der Waals surface area contributed by atoms with Crippen molar-refractivity contribution in [2.75, 3.05) is 13.1 Å². The third-order valence-electron chi connectivity index (χ3n) is 3.93. The lowest BCUT2D eigenvalue weighted by atomic mass is 9.85. The highest BCUT2D eigenvalue weighted by atomic mass is 16.5. The van der Waals surface area contributed by atoms with E-state index in [2.05, 4.69) is 25.7 Å². The topological polar surface area (TPSA) is 29.5 Å². The molecule has 1 aliphatic heterocycles. The Morgan fingerprint density at radius 1 is 1.28 bits per heavy atom. The van der Waals surface area contributed by atoms with E-state index in [1.54, 1.807) is 0 Å². The molecule has 0 aliphatic carbocycles. The second-order valence-electron chi connectivity index (χ2n) is 6.72. The lowest BCUT2D eigenvalue weighted by Crippen LogP contribution is -2.44. The van der Waals surface area contributed by atoms with Crippen LogP contribution in [-0.2, 0) is 9.53 Å². The van der Waals surface area contributed by atoms with E-state index >= 15 is 0 Å². The standard InChI is InChI=1S/C15H29NO2/c1-8-9-16(11(2)3)10-12-13(17)15(6,7)18-14(12,4)5/h11-12H,8-10H2,1-7H3. The zero-order valence-corrected chi connectivity index (χ0v) is 13.0. The zero-order valence-electron chi connectivity index (χ0n) is 13.0. The minimum absolute atomic E-state index is 0.0264. The van der Waals surface area contributed by atoms with Gasteiger partial charge in [0.25, 0.3) is 0 Å². The van der Waals surface area contributed by atoms with E-state index < -0.39 is 5.60 Å². The fourth-order valence-corrected chi connectivity index (χ4v) is 2.90. The van der Waals surface area contributed by atoms with E-state index in [0.717, 1.165) is 19.5 Å². The summed E-state index contributed by atoms with van der Waals surface area (Å²) in [6.07, 6.45) is 1.11. The van der Waals surface area contributed by atoms with E-state index in [1.807, 2.05) is 27.7 Å². The molecule has 0 saturated carbocycles. The number of carbonyl (C=O) groups is 1. The van der Waals surface area contributed by atoms with Gasteiger partial charge >= 0.3 is 0 Å². The molecule has 106 valence electrons. The molecule has 3 heteroatoms. The minimum Gasteiger partial charge on any atom is -0.361 e. The summed E-state index contributed by atoms with van der Waals surface area (Å²) in [6.45, 7) is 16.2. The van der Waals surface area contributed by atoms with Crippen molar-refractivity contribution in [2.45, 2.75) is 72.1 Å². The van der Waals surface area contributed by atoms with E-state index in [9.17, 15) is 4.79 Å². The molecule has 1 unspecified atom stereocenters. The number of carbonyl (C=O) groups excluding carboxylic acids is 1. The predicted octanol–water partition coefficient (Wildman–Crippen LogP) is 2.88. The second-order valence-corrected chi connectivity index (χ2v) is 6.72. The third kappa shape index (κ3) is 3.12. The number of nitrogens with zero attached hydrogens (tertiary/aromatic N) is 1. The van der Waals surface area contributed by atoms with Gasteiger partial charge in [-0.2, -0.15) is 0 Å². The van der Waals surface area contributed by atoms with Gasteiger partial charge in [-0.05, 0) is 54.5 Å². The van der Waals surface area contributed by atoms with Crippen LogP contribution in [0.2, 0.25) is 0 Å². The number of Topliss-reactive ketones (excluding diaryl/α,β-unsaturated/α-hetero) is 1. The van der Waals surface area contributed by atoms with Crippen molar-refractivity contribution in [1.82, 2.24) is 4.90 Å². The molecule has 0 spiro atoms. The van der Waals surface area contributed by atoms with Crippen LogP contribution in [0.4, 0.5) is 0 Å². The maximum atomic E-state index is 12.5. The van der Waals surface area contributed by atoms with Gasteiger partial charge in [0.15, 0.2) is 5.78 Å². The molecule has 1 fully saturated rings. The molecule has 3 nitrogen and oxygen atoms in total. The Labute approximate surface area is 112 Å². The third-order valence-corrected chi connectivity index (χ3v) is 3.93. The van der Waals surface area contributed by atoms with Crippen LogP contribution in [0.1, 0.15) is 54.9 Å². The Morgan fingerprint density at radius 2 is 1.83 bits per heavy atom. The molecule has 0 aromatic carbocycles. The fourth-order valence-electron chi connectivity index (χ4n) is 2.90. The highest BCUT2D eigenvalue weighted by Crippen LogP contribution is 2.39. The van der Waals surface area contributed by atoms with E-state index in [4.69, 9.17) is 4.74 Å². The van der Waals surface area contributed by atoms with Gasteiger partial charge in [0.2, 0.25) is 0 Å². The molecule has 1 saturated heterocycles. The Balaban J connectivity index is 2.84. The van der Waals surface area contributed by atoms with Crippen LogP contribution in [0.3, 0.4) is 0 Å². The van der Waals surface area contributed by atoms with Crippen molar-refractivity contribution >= 4 is 5.78 Å². The average Bonchev–Trinajstić information content (AvgIpc) is 2.34. The number of rotatable bonds is 5. The maximum Gasteiger partial charge on any atom is 0.171 e. The van der Waals surface area contributed by atoms with Crippen LogP contribution in [0.5, 0.6) is 0 Å². The fraction of sp³-hybridized carbons (Fsp3) is 0.933. The molecule has 0 aromatic heterocycles. The average molecular weight is 255 g/mol. The summed E-state index contributed by atoms with van der Waals surface area (Å²) in [4.78, 5) is 14.8. The van der Waals surface area contributed by atoms with Crippen molar-refractivity contribution in [3.05, 3.63) is 0 Å². The summed E-state index contributed by atoms with van der Waals surface area (Å²) < 4.78 is 5.94. The van der Waals surface area contributed by atoms with Gasteiger partial charge in [-0.25, -0.2) is 0 Å². The molecule has 0 bridgehead atoms. The lowest BCUT2D eigenvalue weighted by Gasteiger charge is -2.32. The zero-order chi connectivity index (χ0) is 14.1. The number of ketones is 1.